The van der Waals surface area contributed by atoms with Crippen LogP contribution < -0.4 is 5.32 Å². The smallest absolute Gasteiger partial charge is 0.112 e. The Labute approximate surface area is 121 Å². The summed E-state index contributed by atoms with van der Waals surface area (Å²) in [6.45, 7) is 5.73. The lowest BCUT2D eigenvalue weighted by Crippen LogP contribution is -2.09. The Kier molecular flexibility index (Phi) is 5.10. The molecule has 2 aromatic heterocycles. The number of pyridine rings is 2. The highest BCUT2D eigenvalue weighted by atomic mass is 79.9. The van der Waals surface area contributed by atoms with Crippen LogP contribution in [-0.2, 0) is 4.74 Å². The van der Waals surface area contributed by atoms with Crippen LogP contribution in [0, 0.1) is 0 Å². The second-order valence-corrected chi connectivity index (χ2v) is 5.50. The SMILES string of the molecule is CC(C)OCCCNc1ccnc2cc(Br)cnc12. The summed E-state index contributed by atoms with van der Waals surface area (Å²) in [5.41, 5.74) is 2.80. The fourth-order valence-corrected chi connectivity index (χ4v) is 2.08. The summed E-state index contributed by atoms with van der Waals surface area (Å²) in [5, 5.41) is 3.38. The van der Waals surface area contributed by atoms with Gasteiger partial charge in [-0.15, -0.1) is 0 Å². The van der Waals surface area contributed by atoms with Gasteiger partial charge in [0.05, 0.1) is 17.3 Å². The number of anilines is 1. The summed E-state index contributed by atoms with van der Waals surface area (Å²) in [5.74, 6) is 0. The summed E-state index contributed by atoms with van der Waals surface area (Å²) in [7, 11) is 0. The zero-order valence-electron chi connectivity index (χ0n) is 11.2. The summed E-state index contributed by atoms with van der Waals surface area (Å²) in [6.07, 6.45) is 4.85. The first kappa shape index (κ1) is 14.2. The maximum Gasteiger partial charge on any atom is 0.112 e. The summed E-state index contributed by atoms with van der Waals surface area (Å²) >= 11 is 3.40. The summed E-state index contributed by atoms with van der Waals surface area (Å²) in [4.78, 5) is 8.72. The molecule has 0 fully saturated rings. The Balaban J connectivity index is 1.97. The van der Waals surface area contributed by atoms with Crippen molar-refractivity contribution in [3.05, 3.63) is 29.0 Å². The molecule has 0 saturated heterocycles. The number of ether oxygens (including phenoxy) is 1. The highest BCUT2D eigenvalue weighted by Gasteiger charge is 2.03. The molecule has 1 N–H and O–H groups in total. The van der Waals surface area contributed by atoms with Gasteiger partial charge in [0.15, 0.2) is 0 Å². The van der Waals surface area contributed by atoms with Crippen molar-refractivity contribution >= 4 is 32.7 Å². The zero-order valence-corrected chi connectivity index (χ0v) is 12.8. The third-order valence-corrected chi connectivity index (χ3v) is 3.07. The quantitative estimate of drug-likeness (QED) is 0.825. The Morgan fingerprint density at radius 3 is 3.00 bits per heavy atom. The highest BCUT2D eigenvalue weighted by molar-refractivity contribution is 9.10. The molecule has 0 unspecified atom stereocenters. The van der Waals surface area contributed by atoms with Gasteiger partial charge in [-0.3, -0.25) is 9.97 Å². The fourth-order valence-electron chi connectivity index (χ4n) is 1.76. The molecule has 0 amide bonds. The average Bonchev–Trinajstić information content (AvgIpc) is 2.37. The van der Waals surface area contributed by atoms with Crippen molar-refractivity contribution in [2.45, 2.75) is 26.4 Å². The Morgan fingerprint density at radius 2 is 2.21 bits per heavy atom. The van der Waals surface area contributed by atoms with Crippen molar-refractivity contribution in [2.75, 3.05) is 18.5 Å². The molecule has 0 spiro atoms. The molecule has 0 radical (unpaired) electrons. The van der Waals surface area contributed by atoms with Gasteiger partial charge in [-0.1, -0.05) is 0 Å². The predicted molar refractivity (Wildman–Crippen MR) is 81.4 cm³/mol. The molecule has 0 aromatic carbocycles. The van der Waals surface area contributed by atoms with Crippen LogP contribution in [0.3, 0.4) is 0 Å². The number of hydrogen-bond acceptors (Lipinski definition) is 4. The number of hydrogen-bond donors (Lipinski definition) is 1. The molecule has 4 nitrogen and oxygen atoms in total. The van der Waals surface area contributed by atoms with Crippen LogP contribution in [0.5, 0.6) is 0 Å². The second-order valence-electron chi connectivity index (χ2n) is 4.58. The van der Waals surface area contributed by atoms with Gasteiger partial charge in [0.1, 0.15) is 5.52 Å². The van der Waals surface area contributed by atoms with Gasteiger partial charge in [0.2, 0.25) is 0 Å². The van der Waals surface area contributed by atoms with Crippen LogP contribution in [-0.4, -0.2) is 29.2 Å². The predicted octanol–water partition coefficient (Wildman–Crippen LogP) is 3.62. The molecule has 0 aliphatic heterocycles. The van der Waals surface area contributed by atoms with E-state index < -0.39 is 0 Å². The number of rotatable bonds is 6. The number of aromatic nitrogens is 2. The first-order chi connectivity index (χ1) is 9.16. The molecular formula is C14H18BrN3O. The maximum atomic E-state index is 5.51. The van der Waals surface area contributed by atoms with Crippen molar-refractivity contribution in [2.24, 2.45) is 0 Å². The largest absolute Gasteiger partial charge is 0.383 e. The van der Waals surface area contributed by atoms with Crippen molar-refractivity contribution in [1.82, 2.24) is 9.97 Å². The Bertz CT molecular complexity index is 545. The van der Waals surface area contributed by atoms with E-state index in [1.807, 2.05) is 26.0 Å². The van der Waals surface area contributed by atoms with Crippen LogP contribution in [0.1, 0.15) is 20.3 Å². The fraction of sp³-hybridized carbons (Fsp3) is 0.429. The minimum Gasteiger partial charge on any atom is -0.383 e. The molecule has 2 rings (SSSR count). The van der Waals surface area contributed by atoms with Gasteiger partial charge in [0.25, 0.3) is 0 Å². The number of fused-ring (bicyclic) bond motifs is 1. The lowest BCUT2D eigenvalue weighted by atomic mass is 10.3. The van der Waals surface area contributed by atoms with Crippen molar-refractivity contribution < 1.29 is 4.74 Å². The van der Waals surface area contributed by atoms with Crippen LogP contribution in [0.15, 0.2) is 29.0 Å². The number of nitrogens with zero attached hydrogens (tertiary/aromatic N) is 2. The van der Waals surface area contributed by atoms with E-state index in [2.05, 4.69) is 31.2 Å². The second kappa shape index (κ2) is 6.82. The molecular weight excluding hydrogens is 306 g/mol. The van der Waals surface area contributed by atoms with Gasteiger partial charge in [0, 0.05) is 30.0 Å². The Hall–Kier alpha value is -1.20. The molecule has 0 aliphatic rings. The molecule has 102 valence electrons. The van der Waals surface area contributed by atoms with E-state index in [-0.39, 0.29) is 0 Å². The average molecular weight is 324 g/mol. The normalized spacial score (nSPS) is 11.2. The van der Waals surface area contributed by atoms with Gasteiger partial charge < -0.3 is 10.1 Å². The molecule has 5 heteroatoms. The minimum absolute atomic E-state index is 0.292. The third kappa shape index (κ3) is 4.14. The van der Waals surface area contributed by atoms with Crippen LogP contribution >= 0.6 is 15.9 Å². The molecule has 0 saturated carbocycles. The Morgan fingerprint density at radius 1 is 1.37 bits per heavy atom. The zero-order chi connectivity index (χ0) is 13.7. The first-order valence-electron chi connectivity index (χ1n) is 6.42. The van der Waals surface area contributed by atoms with E-state index in [1.165, 1.54) is 0 Å². The van der Waals surface area contributed by atoms with E-state index in [1.54, 1.807) is 12.4 Å². The van der Waals surface area contributed by atoms with E-state index in [0.717, 1.165) is 40.8 Å². The molecule has 2 heterocycles. The lowest BCUT2D eigenvalue weighted by Gasteiger charge is -2.10. The molecule has 19 heavy (non-hydrogen) atoms. The summed E-state index contributed by atoms with van der Waals surface area (Å²) in [6, 6.07) is 3.92. The molecule has 0 atom stereocenters. The molecule has 2 aromatic rings. The highest BCUT2D eigenvalue weighted by Crippen LogP contribution is 2.21. The van der Waals surface area contributed by atoms with Gasteiger partial charge >= 0.3 is 0 Å². The molecule has 0 bridgehead atoms. The van der Waals surface area contributed by atoms with Crippen molar-refractivity contribution in [1.29, 1.82) is 0 Å². The van der Waals surface area contributed by atoms with Gasteiger partial charge in [-0.25, -0.2) is 0 Å². The van der Waals surface area contributed by atoms with E-state index in [0.29, 0.717) is 6.10 Å². The monoisotopic (exact) mass is 323 g/mol. The van der Waals surface area contributed by atoms with E-state index >= 15 is 0 Å². The van der Waals surface area contributed by atoms with Crippen LogP contribution in [0.2, 0.25) is 0 Å². The van der Waals surface area contributed by atoms with Gasteiger partial charge in [-0.05, 0) is 48.3 Å². The van der Waals surface area contributed by atoms with Crippen LogP contribution in [0.4, 0.5) is 5.69 Å². The minimum atomic E-state index is 0.292. The molecule has 0 aliphatic carbocycles. The maximum absolute atomic E-state index is 5.51. The van der Waals surface area contributed by atoms with Crippen LogP contribution in [0.25, 0.3) is 11.0 Å². The standard InChI is InChI=1S/C14H18BrN3O/c1-10(2)19-7-3-5-16-12-4-6-17-13-8-11(15)9-18-14(12)13/h4,6,8-10H,3,5,7H2,1-2H3,(H,16,17). The topological polar surface area (TPSA) is 47.0 Å². The lowest BCUT2D eigenvalue weighted by molar-refractivity contribution is 0.0787. The third-order valence-electron chi connectivity index (χ3n) is 2.63. The number of nitrogens with one attached hydrogen (secondary N) is 1. The van der Waals surface area contributed by atoms with Crippen molar-refractivity contribution in [3.63, 3.8) is 0 Å². The van der Waals surface area contributed by atoms with Gasteiger partial charge in [-0.2, -0.15) is 0 Å². The summed E-state index contributed by atoms with van der Waals surface area (Å²) < 4.78 is 6.45. The van der Waals surface area contributed by atoms with E-state index in [9.17, 15) is 0 Å². The van der Waals surface area contributed by atoms with Crippen molar-refractivity contribution in [3.8, 4) is 0 Å². The first-order valence-corrected chi connectivity index (χ1v) is 7.22. The van der Waals surface area contributed by atoms with E-state index in [4.69, 9.17) is 4.74 Å². The number of halogens is 1.